The maximum absolute atomic E-state index is 12.2. The third-order valence-corrected chi connectivity index (χ3v) is 4.67. The molecule has 1 aromatic rings. The van der Waals surface area contributed by atoms with Crippen LogP contribution in [-0.2, 0) is 10.4 Å². The van der Waals surface area contributed by atoms with Gasteiger partial charge in [-0.05, 0) is 23.8 Å². The van der Waals surface area contributed by atoms with Crippen LogP contribution in [0.25, 0.3) is 0 Å². The summed E-state index contributed by atoms with van der Waals surface area (Å²) in [6.07, 6.45) is 5.84. The molecule has 2 rings (SSSR count). The van der Waals surface area contributed by atoms with Gasteiger partial charge in [-0.15, -0.1) is 0 Å². The Balaban J connectivity index is 2.47. The molecule has 1 unspecified atom stereocenters. The van der Waals surface area contributed by atoms with E-state index in [4.69, 9.17) is 0 Å². The van der Waals surface area contributed by atoms with E-state index in [1.807, 2.05) is 70.1 Å². The van der Waals surface area contributed by atoms with Crippen LogP contribution >= 0.6 is 0 Å². The molecule has 22 heavy (non-hydrogen) atoms. The van der Waals surface area contributed by atoms with Crippen molar-refractivity contribution in [2.75, 3.05) is 19.0 Å². The molecule has 1 aromatic carbocycles. The topological polar surface area (TPSA) is 40.5 Å². The molecule has 0 saturated heterocycles. The molecule has 0 fully saturated rings. The van der Waals surface area contributed by atoms with Gasteiger partial charge in [-0.3, -0.25) is 4.79 Å². The number of carbonyl (C=O) groups is 1. The number of rotatable bonds is 4. The number of allylic oxidation sites excluding steroid dienone is 2. The molecule has 0 amide bonds. The fourth-order valence-corrected chi connectivity index (χ4v) is 3.01. The van der Waals surface area contributed by atoms with Gasteiger partial charge in [0.25, 0.3) is 0 Å². The van der Waals surface area contributed by atoms with Crippen LogP contribution in [-0.4, -0.2) is 25.0 Å². The lowest BCUT2D eigenvalue weighted by atomic mass is 9.63. The molecule has 118 valence electrons. The highest BCUT2D eigenvalue weighted by Crippen LogP contribution is 2.48. The Morgan fingerprint density at radius 2 is 1.77 bits per heavy atom. The Kier molecular flexibility index (Phi) is 4.30. The molecule has 0 radical (unpaired) electrons. The lowest BCUT2D eigenvalue weighted by Crippen LogP contribution is -2.44. The lowest BCUT2D eigenvalue weighted by Gasteiger charge is -2.44. The molecule has 0 spiro atoms. The number of benzene rings is 1. The second kappa shape index (κ2) is 5.73. The Labute approximate surface area is 133 Å². The summed E-state index contributed by atoms with van der Waals surface area (Å²) in [6, 6.07) is 7.83. The van der Waals surface area contributed by atoms with Gasteiger partial charge in [0, 0.05) is 37.2 Å². The maximum Gasteiger partial charge on any atom is 0.159 e. The van der Waals surface area contributed by atoms with Crippen molar-refractivity contribution < 1.29 is 9.90 Å². The summed E-state index contributed by atoms with van der Waals surface area (Å²) < 4.78 is 0. The van der Waals surface area contributed by atoms with E-state index in [1.54, 1.807) is 12.2 Å². The number of anilines is 1. The van der Waals surface area contributed by atoms with Crippen LogP contribution < -0.4 is 4.90 Å². The van der Waals surface area contributed by atoms with Gasteiger partial charge in [0.05, 0.1) is 0 Å². The van der Waals surface area contributed by atoms with Crippen LogP contribution in [0.15, 0.2) is 48.1 Å². The van der Waals surface area contributed by atoms with Gasteiger partial charge in [-0.25, -0.2) is 0 Å². The molecule has 3 heteroatoms. The molecule has 0 bridgehead atoms. The van der Waals surface area contributed by atoms with Gasteiger partial charge in [-0.1, -0.05) is 45.1 Å². The Bertz CT molecular complexity index is 623. The van der Waals surface area contributed by atoms with Crippen LogP contribution in [0.3, 0.4) is 0 Å². The average molecular weight is 299 g/mol. The number of nitrogens with zero attached hydrogens (tertiary/aromatic N) is 1. The summed E-state index contributed by atoms with van der Waals surface area (Å²) in [4.78, 5) is 14.2. The summed E-state index contributed by atoms with van der Waals surface area (Å²) >= 11 is 0. The van der Waals surface area contributed by atoms with Crippen LogP contribution in [0.4, 0.5) is 5.69 Å². The molecule has 1 aliphatic rings. The van der Waals surface area contributed by atoms with E-state index in [-0.39, 0.29) is 5.78 Å². The van der Waals surface area contributed by atoms with Crippen molar-refractivity contribution in [2.45, 2.75) is 32.8 Å². The van der Waals surface area contributed by atoms with Crippen molar-refractivity contribution in [1.29, 1.82) is 0 Å². The number of hydrogen-bond acceptors (Lipinski definition) is 3. The van der Waals surface area contributed by atoms with Gasteiger partial charge in [0.1, 0.15) is 5.60 Å². The SMILES string of the molecule is CCC(=O)C1=CC=CC(O)(c2ccc(N(C)C)cc2)C1(C)C. The smallest absolute Gasteiger partial charge is 0.159 e. The zero-order chi connectivity index (χ0) is 16.5. The highest BCUT2D eigenvalue weighted by molar-refractivity contribution is 5.97. The van der Waals surface area contributed by atoms with E-state index in [9.17, 15) is 9.90 Å². The number of ketones is 1. The number of aliphatic hydroxyl groups is 1. The molecule has 0 heterocycles. The fraction of sp³-hybridized carbons (Fsp3) is 0.421. The van der Waals surface area contributed by atoms with Crippen molar-refractivity contribution in [3.8, 4) is 0 Å². The average Bonchev–Trinajstić information content (AvgIpc) is 2.49. The number of hydrogen-bond donors (Lipinski definition) is 1. The van der Waals surface area contributed by atoms with Crippen LogP contribution in [0, 0.1) is 5.41 Å². The standard InChI is InChI=1S/C19H25NO2/c1-6-17(21)16-8-7-13-19(22,18(16,2)3)14-9-11-15(12-10-14)20(4)5/h7-13,22H,6H2,1-5H3. The van der Waals surface area contributed by atoms with Gasteiger partial charge >= 0.3 is 0 Å². The van der Waals surface area contributed by atoms with Crippen LogP contribution in [0.5, 0.6) is 0 Å². The summed E-state index contributed by atoms with van der Waals surface area (Å²) in [7, 11) is 3.96. The summed E-state index contributed by atoms with van der Waals surface area (Å²) in [5.74, 6) is 0.0812. The highest BCUT2D eigenvalue weighted by atomic mass is 16.3. The Hall–Kier alpha value is -1.87. The molecule has 3 nitrogen and oxygen atoms in total. The Morgan fingerprint density at radius 3 is 2.27 bits per heavy atom. The zero-order valence-electron chi connectivity index (χ0n) is 14.1. The second-order valence-corrected chi connectivity index (χ2v) is 6.55. The first kappa shape index (κ1) is 16.5. The van der Waals surface area contributed by atoms with E-state index in [0.717, 1.165) is 11.3 Å². The molecule has 1 N–H and O–H groups in total. The Morgan fingerprint density at radius 1 is 1.18 bits per heavy atom. The quantitative estimate of drug-likeness (QED) is 0.926. The fourth-order valence-electron chi connectivity index (χ4n) is 3.01. The van der Waals surface area contributed by atoms with Gasteiger partial charge in [-0.2, -0.15) is 0 Å². The monoisotopic (exact) mass is 299 g/mol. The van der Waals surface area contributed by atoms with Crippen molar-refractivity contribution in [2.24, 2.45) is 5.41 Å². The van der Waals surface area contributed by atoms with Crippen LogP contribution in [0.1, 0.15) is 32.8 Å². The molecular weight excluding hydrogens is 274 g/mol. The molecule has 0 aliphatic heterocycles. The zero-order valence-corrected chi connectivity index (χ0v) is 14.1. The number of Topliss-reactive ketones (excluding diaryl/α,β-unsaturated/α-hetero) is 1. The first-order valence-electron chi connectivity index (χ1n) is 7.67. The number of carbonyl (C=O) groups excluding carboxylic acids is 1. The van der Waals surface area contributed by atoms with Crippen molar-refractivity contribution in [3.05, 3.63) is 53.6 Å². The minimum absolute atomic E-state index is 0.0812. The van der Waals surface area contributed by atoms with Crippen LogP contribution in [0.2, 0.25) is 0 Å². The first-order chi connectivity index (χ1) is 10.2. The first-order valence-corrected chi connectivity index (χ1v) is 7.67. The molecule has 1 atom stereocenters. The predicted octanol–water partition coefficient (Wildman–Crippen LogP) is 3.44. The van der Waals surface area contributed by atoms with Gasteiger partial charge in [0.15, 0.2) is 5.78 Å². The van der Waals surface area contributed by atoms with Crippen molar-refractivity contribution in [3.63, 3.8) is 0 Å². The van der Waals surface area contributed by atoms with E-state index >= 15 is 0 Å². The molecule has 0 saturated carbocycles. The lowest BCUT2D eigenvalue weighted by molar-refractivity contribution is -0.118. The molecular formula is C19H25NO2. The van der Waals surface area contributed by atoms with Crippen molar-refractivity contribution in [1.82, 2.24) is 0 Å². The minimum Gasteiger partial charge on any atom is -0.380 e. The van der Waals surface area contributed by atoms with E-state index in [0.29, 0.717) is 12.0 Å². The molecule has 0 aromatic heterocycles. The summed E-state index contributed by atoms with van der Waals surface area (Å²) in [6.45, 7) is 5.70. The van der Waals surface area contributed by atoms with Gasteiger partial charge < -0.3 is 10.0 Å². The molecule has 1 aliphatic carbocycles. The second-order valence-electron chi connectivity index (χ2n) is 6.55. The largest absolute Gasteiger partial charge is 0.380 e. The summed E-state index contributed by atoms with van der Waals surface area (Å²) in [5, 5.41) is 11.3. The summed E-state index contributed by atoms with van der Waals surface area (Å²) in [5.41, 5.74) is 0.692. The maximum atomic E-state index is 12.2. The third-order valence-electron chi connectivity index (χ3n) is 4.67. The van der Waals surface area contributed by atoms with Crippen molar-refractivity contribution >= 4 is 11.5 Å². The van der Waals surface area contributed by atoms with Gasteiger partial charge in [0.2, 0.25) is 0 Å². The normalized spacial score (nSPS) is 23.1. The van der Waals surface area contributed by atoms with E-state index < -0.39 is 11.0 Å². The van der Waals surface area contributed by atoms with E-state index in [2.05, 4.69) is 0 Å². The minimum atomic E-state index is -1.19. The predicted molar refractivity (Wildman–Crippen MR) is 91.0 cm³/mol. The highest BCUT2D eigenvalue weighted by Gasteiger charge is 2.48. The van der Waals surface area contributed by atoms with E-state index in [1.165, 1.54) is 0 Å². The third kappa shape index (κ3) is 2.50.